The first kappa shape index (κ1) is 17.0. The molecule has 0 saturated carbocycles. The van der Waals surface area contributed by atoms with Gasteiger partial charge in [-0.1, -0.05) is 36.0 Å². The van der Waals surface area contributed by atoms with E-state index in [9.17, 15) is 0 Å². The van der Waals surface area contributed by atoms with E-state index in [1.807, 2.05) is 36.0 Å². The zero-order valence-corrected chi connectivity index (χ0v) is 15.9. The van der Waals surface area contributed by atoms with Crippen molar-refractivity contribution < 1.29 is 9.47 Å². The minimum Gasteiger partial charge on any atom is -0.497 e. The standard InChI is InChI=1S/C21H22N2O2S/c1-24-17-7-3-15(4-8-17)13-19-20(23-11-12-26-21(23)22-19)14-16-5-9-18(25-2)10-6-16/h3-10H,11-14H2,1-2H3. The first-order chi connectivity index (χ1) is 12.8. The van der Waals surface area contributed by atoms with Crippen LogP contribution in [0.25, 0.3) is 0 Å². The number of aromatic nitrogens is 2. The number of hydrogen-bond acceptors (Lipinski definition) is 4. The van der Waals surface area contributed by atoms with Crippen molar-refractivity contribution in [2.45, 2.75) is 24.5 Å². The molecule has 0 bridgehead atoms. The molecule has 1 aromatic heterocycles. The second-order valence-corrected chi connectivity index (χ2v) is 7.40. The van der Waals surface area contributed by atoms with Gasteiger partial charge in [0.1, 0.15) is 11.5 Å². The summed E-state index contributed by atoms with van der Waals surface area (Å²) < 4.78 is 12.9. The molecule has 2 heterocycles. The number of ether oxygens (including phenoxy) is 2. The molecule has 3 aromatic rings. The van der Waals surface area contributed by atoms with Crippen LogP contribution in [0, 0.1) is 0 Å². The summed E-state index contributed by atoms with van der Waals surface area (Å²) in [7, 11) is 3.39. The van der Waals surface area contributed by atoms with E-state index in [0.29, 0.717) is 0 Å². The molecule has 26 heavy (non-hydrogen) atoms. The van der Waals surface area contributed by atoms with Crippen LogP contribution >= 0.6 is 11.8 Å². The summed E-state index contributed by atoms with van der Waals surface area (Å²) in [6.45, 7) is 1.04. The summed E-state index contributed by atoms with van der Waals surface area (Å²) in [5.41, 5.74) is 5.03. The predicted octanol–water partition coefficient (Wildman–Crippen LogP) is 4.19. The van der Waals surface area contributed by atoms with Crippen LogP contribution in [-0.4, -0.2) is 29.5 Å². The Morgan fingerprint density at radius 1 is 0.885 bits per heavy atom. The Labute approximate surface area is 158 Å². The van der Waals surface area contributed by atoms with Crippen LogP contribution < -0.4 is 9.47 Å². The van der Waals surface area contributed by atoms with Crippen LogP contribution in [0.15, 0.2) is 53.7 Å². The van der Waals surface area contributed by atoms with Gasteiger partial charge in [0.25, 0.3) is 0 Å². The maximum Gasteiger partial charge on any atom is 0.168 e. The highest BCUT2D eigenvalue weighted by Gasteiger charge is 2.22. The Morgan fingerprint density at radius 2 is 1.46 bits per heavy atom. The van der Waals surface area contributed by atoms with E-state index in [1.54, 1.807) is 14.2 Å². The van der Waals surface area contributed by atoms with Crippen LogP contribution in [0.2, 0.25) is 0 Å². The molecule has 134 valence electrons. The molecular formula is C21H22N2O2S. The topological polar surface area (TPSA) is 36.3 Å². The normalized spacial score (nSPS) is 12.8. The quantitative estimate of drug-likeness (QED) is 0.655. The van der Waals surface area contributed by atoms with Gasteiger partial charge in [-0.2, -0.15) is 0 Å². The molecule has 0 N–H and O–H groups in total. The number of thioether (sulfide) groups is 1. The van der Waals surface area contributed by atoms with Gasteiger partial charge in [0.05, 0.1) is 19.9 Å². The van der Waals surface area contributed by atoms with E-state index in [0.717, 1.165) is 41.8 Å². The smallest absolute Gasteiger partial charge is 0.168 e. The zero-order chi connectivity index (χ0) is 17.9. The molecule has 5 heteroatoms. The van der Waals surface area contributed by atoms with Crippen LogP contribution in [-0.2, 0) is 19.4 Å². The molecule has 0 amide bonds. The molecule has 0 saturated heterocycles. The monoisotopic (exact) mass is 366 g/mol. The Hall–Kier alpha value is -2.40. The van der Waals surface area contributed by atoms with Crippen LogP contribution in [0.1, 0.15) is 22.5 Å². The van der Waals surface area contributed by atoms with Gasteiger partial charge in [-0.05, 0) is 35.4 Å². The number of nitrogens with zero attached hydrogens (tertiary/aromatic N) is 2. The zero-order valence-electron chi connectivity index (χ0n) is 15.1. The fourth-order valence-electron chi connectivity index (χ4n) is 3.29. The molecule has 0 fully saturated rings. The number of rotatable bonds is 6. The average Bonchev–Trinajstić information content (AvgIpc) is 3.26. The number of hydrogen-bond donors (Lipinski definition) is 0. The summed E-state index contributed by atoms with van der Waals surface area (Å²) in [6.07, 6.45) is 1.74. The van der Waals surface area contributed by atoms with Crippen molar-refractivity contribution in [3.63, 3.8) is 0 Å². The summed E-state index contributed by atoms with van der Waals surface area (Å²) in [4.78, 5) is 4.93. The van der Waals surface area contributed by atoms with Crippen molar-refractivity contribution in [3.8, 4) is 11.5 Å². The molecule has 0 aliphatic carbocycles. The average molecular weight is 366 g/mol. The van der Waals surface area contributed by atoms with Gasteiger partial charge in [0.2, 0.25) is 0 Å². The van der Waals surface area contributed by atoms with Gasteiger partial charge in [-0.3, -0.25) is 0 Å². The number of methoxy groups -OCH3 is 2. The molecule has 1 aliphatic heterocycles. The Balaban J connectivity index is 1.62. The molecule has 1 aliphatic rings. The third-order valence-electron chi connectivity index (χ3n) is 4.73. The largest absolute Gasteiger partial charge is 0.497 e. The van der Waals surface area contributed by atoms with Crippen molar-refractivity contribution >= 4 is 11.8 Å². The molecular weight excluding hydrogens is 344 g/mol. The van der Waals surface area contributed by atoms with Gasteiger partial charge in [0.15, 0.2) is 5.16 Å². The van der Waals surface area contributed by atoms with E-state index in [-0.39, 0.29) is 0 Å². The fraction of sp³-hybridized carbons (Fsp3) is 0.286. The minimum absolute atomic E-state index is 0.843. The van der Waals surface area contributed by atoms with Gasteiger partial charge < -0.3 is 14.0 Å². The lowest BCUT2D eigenvalue weighted by Crippen LogP contribution is -2.05. The highest BCUT2D eigenvalue weighted by molar-refractivity contribution is 7.99. The fourth-order valence-corrected chi connectivity index (χ4v) is 4.28. The summed E-state index contributed by atoms with van der Waals surface area (Å²) in [6, 6.07) is 16.6. The summed E-state index contributed by atoms with van der Waals surface area (Å²) in [5, 5.41) is 1.15. The van der Waals surface area contributed by atoms with Crippen molar-refractivity contribution in [2.75, 3.05) is 20.0 Å². The Bertz CT molecular complexity index is 886. The first-order valence-electron chi connectivity index (χ1n) is 8.74. The SMILES string of the molecule is COc1ccc(Cc2nc3n(c2Cc2ccc(OC)cc2)CCS3)cc1. The van der Waals surface area contributed by atoms with Gasteiger partial charge in [-0.15, -0.1) is 0 Å². The van der Waals surface area contributed by atoms with Gasteiger partial charge in [-0.25, -0.2) is 4.98 Å². The van der Waals surface area contributed by atoms with E-state index in [2.05, 4.69) is 28.8 Å². The number of benzene rings is 2. The molecule has 2 aromatic carbocycles. The van der Waals surface area contributed by atoms with Crippen LogP contribution in [0.5, 0.6) is 11.5 Å². The van der Waals surface area contributed by atoms with Crippen LogP contribution in [0.3, 0.4) is 0 Å². The molecule has 0 unspecified atom stereocenters. The van der Waals surface area contributed by atoms with Gasteiger partial charge in [0, 0.05) is 30.8 Å². The first-order valence-corrected chi connectivity index (χ1v) is 9.72. The molecule has 4 rings (SSSR count). The third kappa shape index (κ3) is 3.44. The van der Waals surface area contributed by atoms with Crippen molar-refractivity contribution in [2.24, 2.45) is 0 Å². The summed E-state index contributed by atoms with van der Waals surface area (Å²) in [5.74, 6) is 2.89. The maximum absolute atomic E-state index is 5.27. The van der Waals surface area contributed by atoms with E-state index < -0.39 is 0 Å². The molecule has 0 radical (unpaired) electrons. The lowest BCUT2D eigenvalue weighted by Gasteiger charge is -2.09. The van der Waals surface area contributed by atoms with Gasteiger partial charge >= 0.3 is 0 Å². The molecule has 0 atom stereocenters. The van der Waals surface area contributed by atoms with Crippen LogP contribution in [0.4, 0.5) is 0 Å². The van der Waals surface area contributed by atoms with E-state index >= 15 is 0 Å². The Kier molecular flexibility index (Phi) is 4.89. The van der Waals surface area contributed by atoms with E-state index in [4.69, 9.17) is 14.5 Å². The minimum atomic E-state index is 0.843. The summed E-state index contributed by atoms with van der Waals surface area (Å²) >= 11 is 1.85. The predicted molar refractivity (Wildman–Crippen MR) is 105 cm³/mol. The number of fused-ring (bicyclic) bond motifs is 1. The Morgan fingerprint density at radius 3 is 2.04 bits per heavy atom. The molecule has 4 nitrogen and oxygen atoms in total. The second kappa shape index (κ2) is 7.46. The van der Waals surface area contributed by atoms with Crippen molar-refractivity contribution in [3.05, 3.63) is 71.0 Å². The highest BCUT2D eigenvalue weighted by Crippen LogP contribution is 2.31. The molecule has 0 spiro atoms. The highest BCUT2D eigenvalue weighted by atomic mass is 32.2. The lowest BCUT2D eigenvalue weighted by molar-refractivity contribution is 0.414. The third-order valence-corrected chi connectivity index (χ3v) is 5.68. The second-order valence-electron chi connectivity index (χ2n) is 6.34. The van der Waals surface area contributed by atoms with Crippen molar-refractivity contribution in [1.29, 1.82) is 0 Å². The maximum atomic E-state index is 5.27. The van der Waals surface area contributed by atoms with Crippen molar-refractivity contribution in [1.82, 2.24) is 9.55 Å². The lowest BCUT2D eigenvalue weighted by atomic mass is 10.0. The number of imidazole rings is 1. The van der Waals surface area contributed by atoms with E-state index in [1.165, 1.54) is 22.5 Å².